The summed E-state index contributed by atoms with van der Waals surface area (Å²) in [5, 5.41) is 11.8. The van der Waals surface area contributed by atoms with Gasteiger partial charge in [-0.1, -0.05) is 20.3 Å². The summed E-state index contributed by atoms with van der Waals surface area (Å²) in [5.74, 6) is -1.11. The maximum Gasteiger partial charge on any atom is 0.326 e. The first kappa shape index (κ1) is 23.6. The van der Waals surface area contributed by atoms with Crippen LogP contribution in [0.5, 0.6) is 11.5 Å². The fourth-order valence-electron chi connectivity index (χ4n) is 4.12. The monoisotopic (exact) mass is 446 g/mol. The van der Waals surface area contributed by atoms with Gasteiger partial charge in [0.25, 0.3) is 5.91 Å². The number of rotatable bonds is 7. The molecule has 1 aromatic rings. The van der Waals surface area contributed by atoms with Crippen LogP contribution >= 0.6 is 0 Å². The number of carboxylic acid groups (broad SMARTS) is 1. The standard InChI is InChI=1S/C23H30N2O7/c1-4-14(2)21(22(29)30)24-20(28)13-31-16-5-6-17-18(27)12-23(32-19(17)11-16)7-9-25(10-8-23)15(3)26/h5-6,11,14,21H,4,7-10,12-13H2,1-3H3,(H,24,28)(H,29,30)/t14-,21+/m1/s1. The summed E-state index contributed by atoms with van der Waals surface area (Å²) in [4.78, 5) is 49.6. The van der Waals surface area contributed by atoms with Crippen molar-refractivity contribution in [2.75, 3.05) is 19.7 Å². The van der Waals surface area contributed by atoms with Crippen molar-refractivity contribution in [3.63, 3.8) is 0 Å². The van der Waals surface area contributed by atoms with Gasteiger partial charge in [0.2, 0.25) is 5.91 Å². The number of carbonyl (C=O) groups excluding carboxylic acids is 3. The first-order valence-corrected chi connectivity index (χ1v) is 10.9. The van der Waals surface area contributed by atoms with E-state index in [1.807, 2.05) is 6.92 Å². The van der Waals surface area contributed by atoms with Gasteiger partial charge in [0.15, 0.2) is 12.4 Å². The third-order valence-electron chi connectivity index (χ3n) is 6.35. The van der Waals surface area contributed by atoms with Gasteiger partial charge >= 0.3 is 5.97 Å². The lowest BCUT2D eigenvalue weighted by Gasteiger charge is -2.43. The molecule has 2 aliphatic heterocycles. The molecule has 0 radical (unpaired) electrons. The normalized spacial score (nSPS) is 18.8. The Morgan fingerprint density at radius 3 is 2.56 bits per heavy atom. The van der Waals surface area contributed by atoms with Crippen molar-refractivity contribution in [1.82, 2.24) is 10.2 Å². The van der Waals surface area contributed by atoms with Gasteiger partial charge in [0, 0.05) is 38.9 Å². The van der Waals surface area contributed by atoms with Gasteiger partial charge < -0.3 is 24.8 Å². The van der Waals surface area contributed by atoms with E-state index >= 15 is 0 Å². The zero-order chi connectivity index (χ0) is 23.5. The number of piperidine rings is 1. The quantitative estimate of drug-likeness (QED) is 0.657. The minimum Gasteiger partial charge on any atom is -0.486 e. The van der Waals surface area contributed by atoms with Crippen molar-refractivity contribution >= 4 is 23.6 Å². The fraction of sp³-hybridized carbons (Fsp3) is 0.565. The van der Waals surface area contributed by atoms with Gasteiger partial charge in [-0.2, -0.15) is 0 Å². The molecular formula is C23H30N2O7. The molecule has 2 N–H and O–H groups in total. The molecule has 0 bridgehead atoms. The van der Waals surface area contributed by atoms with Crippen LogP contribution in [-0.2, 0) is 14.4 Å². The van der Waals surface area contributed by atoms with Crippen LogP contribution in [0, 0.1) is 5.92 Å². The topological polar surface area (TPSA) is 122 Å². The third kappa shape index (κ3) is 5.20. The fourth-order valence-corrected chi connectivity index (χ4v) is 4.12. The van der Waals surface area contributed by atoms with Crippen molar-refractivity contribution in [3.8, 4) is 11.5 Å². The Balaban J connectivity index is 1.64. The number of nitrogens with one attached hydrogen (secondary N) is 1. The third-order valence-corrected chi connectivity index (χ3v) is 6.35. The summed E-state index contributed by atoms with van der Waals surface area (Å²) >= 11 is 0. The van der Waals surface area contributed by atoms with E-state index in [9.17, 15) is 24.3 Å². The number of ether oxygens (including phenoxy) is 2. The molecular weight excluding hydrogens is 416 g/mol. The highest BCUT2D eigenvalue weighted by Gasteiger charge is 2.43. The first-order chi connectivity index (χ1) is 15.1. The van der Waals surface area contributed by atoms with Crippen LogP contribution in [0.4, 0.5) is 0 Å². The molecule has 1 fully saturated rings. The number of likely N-dealkylation sites (tertiary alicyclic amines) is 1. The van der Waals surface area contributed by atoms with Gasteiger partial charge in [0.05, 0.1) is 12.0 Å². The van der Waals surface area contributed by atoms with Gasteiger partial charge in [-0.05, 0) is 18.1 Å². The number of carbonyl (C=O) groups is 4. The average Bonchev–Trinajstić information content (AvgIpc) is 2.75. The number of nitrogens with zero attached hydrogens (tertiary/aromatic N) is 1. The van der Waals surface area contributed by atoms with Gasteiger partial charge in [0.1, 0.15) is 23.1 Å². The number of fused-ring (bicyclic) bond motifs is 1. The molecule has 0 aromatic heterocycles. The van der Waals surface area contributed by atoms with Gasteiger partial charge in [-0.25, -0.2) is 4.79 Å². The predicted octanol–water partition coefficient (Wildman–Crippen LogP) is 2.03. The summed E-state index contributed by atoms with van der Waals surface area (Å²) in [6, 6.07) is 3.80. The van der Waals surface area contributed by atoms with E-state index in [-0.39, 0.29) is 30.6 Å². The predicted molar refractivity (Wildman–Crippen MR) is 115 cm³/mol. The van der Waals surface area contributed by atoms with Crippen molar-refractivity contribution in [3.05, 3.63) is 23.8 Å². The summed E-state index contributed by atoms with van der Waals surface area (Å²) < 4.78 is 11.8. The minimum absolute atomic E-state index is 0.00909. The van der Waals surface area contributed by atoms with Crippen LogP contribution in [0.2, 0.25) is 0 Å². The Bertz CT molecular complexity index is 906. The largest absolute Gasteiger partial charge is 0.486 e. The van der Waals surface area contributed by atoms with Gasteiger partial charge in [-0.15, -0.1) is 0 Å². The number of Topliss-reactive ketones (excluding diaryl/α,β-unsaturated/α-hetero) is 1. The van der Waals surface area contributed by atoms with E-state index in [0.717, 1.165) is 0 Å². The number of hydrogen-bond acceptors (Lipinski definition) is 6. The minimum atomic E-state index is -1.09. The molecule has 174 valence electrons. The highest BCUT2D eigenvalue weighted by molar-refractivity contribution is 6.00. The maximum absolute atomic E-state index is 12.7. The highest BCUT2D eigenvalue weighted by atomic mass is 16.5. The van der Waals surface area contributed by atoms with E-state index in [2.05, 4.69) is 5.32 Å². The van der Waals surface area contributed by atoms with Crippen LogP contribution in [0.15, 0.2) is 18.2 Å². The second kappa shape index (κ2) is 9.58. The van der Waals surface area contributed by atoms with Crippen LogP contribution < -0.4 is 14.8 Å². The lowest BCUT2D eigenvalue weighted by atomic mass is 9.82. The Labute approximate surface area is 187 Å². The summed E-state index contributed by atoms with van der Waals surface area (Å²) in [5.41, 5.74) is -0.180. The molecule has 2 amide bonds. The van der Waals surface area contributed by atoms with Crippen molar-refractivity contribution in [1.29, 1.82) is 0 Å². The number of benzene rings is 1. The summed E-state index contributed by atoms with van der Waals surface area (Å²) in [7, 11) is 0. The molecule has 32 heavy (non-hydrogen) atoms. The lowest BCUT2D eigenvalue weighted by molar-refractivity contribution is -0.143. The van der Waals surface area contributed by atoms with Gasteiger partial charge in [-0.3, -0.25) is 14.4 Å². The number of aliphatic carboxylic acids is 1. The molecule has 2 heterocycles. The first-order valence-electron chi connectivity index (χ1n) is 10.9. The zero-order valence-electron chi connectivity index (χ0n) is 18.7. The smallest absolute Gasteiger partial charge is 0.326 e. The van der Waals surface area contributed by atoms with E-state index < -0.39 is 23.5 Å². The Morgan fingerprint density at radius 2 is 1.97 bits per heavy atom. The highest BCUT2D eigenvalue weighted by Crippen LogP contribution is 2.40. The van der Waals surface area contributed by atoms with E-state index in [1.54, 1.807) is 30.0 Å². The molecule has 0 aliphatic carbocycles. The summed E-state index contributed by atoms with van der Waals surface area (Å²) in [6.07, 6.45) is 2.01. The number of ketones is 1. The molecule has 1 aromatic carbocycles. The molecule has 1 spiro atoms. The van der Waals surface area contributed by atoms with E-state index in [1.165, 1.54) is 6.92 Å². The average molecular weight is 447 g/mol. The number of carboxylic acids is 1. The Kier molecular flexibility index (Phi) is 7.06. The second-order valence-corrected chi connectivity index (χ2v) is 8.61. The van der Waals surface area contributed by atoms with Crippen LogP contribution in [0.25, 0.3) is 0 Å². The van der Waals surface area contributed by atoms with Crippen LogP contribution in [0.3, 0.4) is 0 Å². The Morgan fingerprint density at radius 1 is 1.28 bits per heavy atom. The van der Waals surface area contributed by atoms with E-state index in [4.69, 9.17) is 9.47 Å². The van der Waals surface area contributed by atoms with Crippen LogP contribution in [-0.4, -0.2) is 64.9 Å². The van der Waals surface area contributed by atoms with Crippen molar-refractivity contribution in [2.45, 2.75) is 58.1 Å². The number of hydrogen-bond donors (Lipinski definition) is 2. The molecule has 9 nitrogen and oxygen atoms in total. The van der Waals surface area contributed by atoms with Crippen molar-refractivity contribution in [2.24, 2.45) is 5.92 Å². The molecule has 0 saturated carbocycles. The molecule has 2 aliphatic rings. The molecule has 3 rings (SSSR count). The van der Waals surface area contributed by atoms with E-state index in [0.29, 0.717) is 49.4 Å². The van der Waals surface area contributed by atoms with Crippen LogP contribution in [0.1, 0.15) is 56.8 Å². The Hall–Kier alpha value is -3.10. The zero-order valence-corrected chi connectivity index (χ0v) is 18.7. The molecule has 1 saturated heterocycles. The lowest BCUT2D eigenvalue weighted by Crippen LogP contribution is -2.51. The SMILES string of the molecule is CC[C@@H](C)[C@H](NC(=O)COc1ccc2c(c1)OC1(CCN(C(C)=O)CC1)CC2=O)C(=O)O. The second-order valence-electron chi connectivity index (χ2n) is 8.61. The number of amides is 2. The maximum atomic E-state index is 12.7. The molecule has 2 atom stereocenters. The van der Waals surface area contributed by atoms with Crippen molar-refractivity contribution < 1.29 is 33.8 Å². The summed E-state index contributed by atoms with van der Waals surface area (Å²) in [6.45, 7) is 5.86. The molecule has 9 heteroatoms. The molecule has 0 unspecified atom stereocenters.